The van der Waals surface area contributed by atoms with Crippen molar-refractivity contribution < 1.29 is 19.1 Å². The van der Waals surface area contributed by atoms with E-state index in [1.54, 1.807) is 36.3 Å². The largest absolute Gasteiger partial charge is 0.497 e. The fraction of sp³-hybridized carbons (Fsp3) is 0.333. The van der Waals surface area contributed by atoms with E-state index in [0.29, 0.717) is 48.3 Å². The van der Waals surface area contributed by atoms with Crippen LogP contribution < -0.4 is 9.47 Å². The molecule has 2 amide bonds. The minimum atomic E-state index is -0.519. The second kappa shape index (κ2) is 12.2. The second-order valence-electron chi connectivity index (χ2n) is 9.72. The first-order valence-corrected chi connectivity index (χ1v) is 12.8. The monoisotopic (exact) mass is 520 g/mol. The number of hydrogen-bond donors (Lipinski definition) is 0. The molecule has 7 heteroatoms. The number of nitrogens with zero attached hydrogens (tertiary/aromatic N) is 2. The highest BCUT2D eigenvalue weighted by molar-refractivity contribution is 6.30. The Bertz CT molecular complexity index is 1200. The topological polar surface area (TPSA) is 59.1 Å². The predicted molar refractivity (Wildman–Crippen MR) is 145 cm³/mol. The lowest BCUT2D eigenvalue weighted by molar-refractivity contribution is -0.134. The number of amides is 2. The van der Waals surface area contributed by atoms with Gasteiger partial charge in [-0.25, -0.2) is 0 Å². The molecule has 1 heterocycles. The summed E-state index contributed by atoms with van der Waals surface area (Å²) in [6, 6.07) is 24.3. The molecule has 3 aromatic rings. The van der Waals surface area contributed by atoms with Crippen molar-refractivity contribution in [2.24, 2.45) is 5.41 Å². The Hall–Kier alpha value is -3.51. The standard InChI is InChI=1S/C30H33ClN2O4/c1-32(20-23-8-4-3-5-9-23)28(34)19-30(22-37-26-14-12-25(31)13-15-26)16-7-17-33(21-30)29(35)24-10-6-11-27(18-24)36-2/h3-6,8-15,18H,7,16-17,19-22H2,1-2H3/t30-/m0/s1. The van der Waals surface area contributed by atoms with Gasteiger partial charge in [-0.3, -0.25) is 9.59 Å². The average molecular weight is 521 g/mol. The average Bonchev–Trinajstić information content (AvgIpc) is 2.93. The number of likely N-dealkylation sites (tertiary alicyclic amines) is 1. The zero-order valence-electron chi connectivity index (χ0n) is 21.4. The molecule has 3 aromatic carbocycles. The molecule has 194 valence electrons. The lowest BCUT2D eigenvalue weighted by Crippen LogP contribution is -2.50. The summed E-state index contributed by atoms with van der Waals surface area (Å²) in [5.41, 5.74) is 1.12. The van der Waals surface area contributed by atoms with Gasteiger partial charge in [0.05, 0.1) is 13.7 Å². The van der Waals surface area contributed by atoms with Crippen molar-refractivity contribution in [3.05, 3.63) is 95.0 Å². The van der Waals surface area contributed by atoms with Gasteiger partial charge in [0.2, 0.25) is 5.91 Å². The van der Waals surface area contributed by atoms with Crippen LogP contribution in [0, 0.1) is 5.41 Å². The first-order chi connectivity index (χ1) is 17.9. The molecule has 0 bridgehead atoms. The Morgan fingerprint density at radius 2 is 1.76 bits per heavy atom. The van der Waals surface area contributed by atoms with Crippen LogP contribution in [0.25, 0.3) is 0 Å². The van der Waals surface area contributed by atoms with Crippen LogP contribution in [-0.2, 0) is 11.3 Å². The molecule has 1 saturated heterocycles. The van der Waals surface area contributed by atoms with Crippen LogP contribution in [0.5, 0.6) is 11.5 Å². The molecule has 1 fully saturated rings. The van der Waals surface area contributed by atoms with E-state index in [-0.39, 0.29) is 18.2 Å². The number of methoxy groups -OCH3 is 1. The second-order valence-corrected chi connectivity index (χ2v) is 10.2. The summed E-state index contributed by atoms with van der Waals surface area (Å²) >= 11 is 6.03. The van der Waals surface area contributed by atoms with Gasteiger partial charge < -0.3 is 19.3 Å². The Kier molecular flexibility index (Phi) is 8.72. The van der Waals surface area contributed by atoms with Crippen LogP contribution >= 0.6 is 11.6 Å². The quantitative estimate of drug-likeness (QED) is 0.363. The molecular weight excluding hydrogens is 488 g/mol. The zero-order valence-corrected chi connectivity index (χ0v) is 22.1. The maximum absolute atomic E-state index is 13.4. The number of ether oxygens (including phenoxy) is 2. The molecule has 1 atom stereocenters. The summed E-state index contributed by atoms with van der Waals surface area (Å²) in [5, 5.41) is 0.632. The third-order valence-corrected chi connectivity index (χ3v) is 7.09. The predicted octanol–water partition coefficient (Wildman–Crippen LogP) is 5.70. The molecule has 0 N–H and O–H groups in total. The van der Waals surface area contributed by atoms with Gasteiger partial charge in [0.25, 0.3) is 5.91 Å². The van der Waals surface area contributed by atoms with Crippen molar-refractivity contribution >= 4 is 23.4 Å². The van der Waals surface area contributed by atoms with Crippen LogP contribution in [-0.4, -0.2) is 55.5 Å². The van der Waals surface area contributed by atoms with Crippen molar-refractivity contribution in [2.75, 3.05) is 33.9 Å². The lowest BCUT2D eigenvalue weighted by atomic mass is 9.77. The number of rotatable bonds is 9. The Morgan fingerprint density at radius 3 is 2.49 bits per heavy atom. The summed E-state index contributed by atoms with van der Waals surface area (Å²) in [6.45, 7) is 1.91. The van der Waals surface area contributed by atoms with Crippen molar-refractivity contribution in [3.8, 4) is 11.5 Å². The normalized spacial score (nSPS) is 17.2. The lowest BCUT2D eigenvalue weighted by Gasteiger charge is -2.43. The van der Waals surface area contributed by atoms with E-state index in [2.05, 4.69) is 0 Å². The van der Waals surface area contributed by atoms with Crippen molar-refractivity contribution in [1.82, 2.24) is 9.80 Å². The molecule has 0 aromatic heterocycles. The third kappa shape index (κ3) is 7.04. The summed E-state index contributed by atoms with van der Waals surface area (Å²) in [6.07, 6.45) is 1.86. The summed E-state index contributed by atoms with van der Waals surface area (Å²) in [5.74, 6) is 1.28. The molecule has 0 saturated carbocycles. The minimum absolute atomic E-state index is 0.0271. The SMILES string of the molecule is COc1cccc(C(=O)N2CCC[C@](COc3ccc(Cl)cc3)(CC(=O)N(C)Cc3ccccc3)C2)c1. The Balaban J connectivity index is 1.53. The highest BCUT2D eigenvalue weighted by Gasteiger charge is 2.40. The number of carbonyl (C=O) groups excluding carboxylic acids is 2. The van der Waals surface area contributed by atoms with E-state index < -0.39 is 5.41 Å². The first kappa shape index (κ1) is 26.6. The van der Waals surface area contributed by atoms with E-state index in [9.17, 15) is 9.59 Å². The van der Waals surface area contributed by atoms with Crippen LogP contribution in [0.15, 0.2) is 78.9 Å². The Labute approximate surface area is 223 Å². The van der Waals surface area contributed by atoms with Gasteiger partial charge in [-0.1, -0.05) is 48.0 Å². The van der Waals surface area contributed by atoms with Crippen LogP contribution in [0.2, 0.25) is 5.02 Å². The van der Waals surface area contributed by atoms with Crippen molar-refractivity contribution in [3.63, 3.8) is 0 Å². The maximum atomic E-state index is 13.4. The molecule has 1 aliphatic rings. The van der Waals surface area contributed by atoms with Gasteiger partial charge >= 0.3 is 0 Å². The number of hydrogen-bond acceptors (Lipinski definition) is 4. The van der Waals surface area contributed by atoms with Gasteiger partial charge in [-0.05, 0) is 60.9 Å². The fourth-order valence-electron chi connectivity index (χ4n) is 4.80. The Morgan fingerprint density at radius 1 is 1.00 bits per heavy atom. The van der Waals surface area contributed by atoms with E-state index in [1.807, 2.05) is 66.5 Å². The number of carbonyl (C=O) groups is 2. The van der Waals surface area contributed by atoms with Gasteiger partial charge in [-0.2, -0.15) is 0 Å². The zero-order chi connectivity index (χ0) is 26.3. The van der Waals surface area contributed by atoms with Gasteiger partial charge in [0.1, 0.15) is 11.5 Å². The van der Waals surface area contributed by atoms with E-state index in [0.717, 1.165) is 18.4 Å². The van der Waals surface area contributed by atoms with Gasteiger partial charge in [0, 0.05) is 49.1 Å². The summed E-state index contributed by atoms with van der Waals surface area (Å²) < 4.78 is 11.5. The highest BCUT2D eigenvalue weighted by atomic mass is 35.5. The molecule has 4 rings (SSSR count). The third-order valence-electron chi connectivity index (χ3n) is 6.84. The molecule has 0 aliphatic carbocycles. The minimum Gasteiger partial charge on any atom is -0.497 e. The number of piperidine rings is 1. The molecular formula is C30H33ClN2O4. The molecule has 37 heavy (non-hydrogen) atoms. The fourth-order valence-corrected chi connectivity index (χ4v) is 4.93. The van der Waals surface area contributed by atoms with Crippen molar-refractivity contribution in [1.29, 1.82) is 0 Å². The first-order valence-electron chi connectivity index (χ1n) is 12.5. The number of halogens is 1. The summed E-state index contributed by atoms with van der Waals surface area (Å²) in [4.78, 5) is 30.5. The van der Waals surface area contributed by atoms with E-state index >= 15 is 0 Å². The molecule has 0 unspecified atom stereocenters. The highest BCUT2D eigenvalue weighted by Crippen LogP contribution is 2.36. The van der Waals surface area contributed by atoms with Gasteiger partial charge in [0.15, 0.2) is 0 Å². The van der Waals surface area contributed by atoms with E-state index in [4.69, 9.17) is 21.1 Å². The molecule has 0 spiro atoms. The maximum Gasteiger partial charge on any atom is 0.254 e. The van der Waals surface area contributed by atoms with E-state index in [1.165, 1.54) is 0 Å². The van der Waals surface area contributed by atoms with Crippen LogP contribution in [0.1, 0.15) is 35.2 Å². The molecule has 1 aliphatic heterocycles. The smallest absolute Gasteiger partial charge is 0.254 e. The van der Waals surface area contributed by atoms with Crippen LogP contribution in [0.3, 0.4) is 0 Å². The molecule has 6 nitrogen and oxygen atoms in total. The van der Waals surface area contributed by atoms with Crippen LogP contribution in [0.4, 0.5) is 0 Å². The summed E-state index contributed by atoms with van der Waals surface area (Å²) in [7, 11) is 3.41. The van der Waals surface area contributed by atoms with Gasteiger partial charge in [-0.15, -0.1) is 0 Å². The number of benzene rings is 3. The molecule has 0 radical (unpaired) electrons. The van der Waals surface area contributed by atoms with Crippen molar-refractivity contribution in [2.45, 2.75) is 25.8 Å².